The van der Waals surface area contributed by atoms with Crippen LogP contribution in [0.5, 0.6) is 11.5 Å². The Balaban J connectivity index is 1.71. The van der Waals surface area contributed by atoms with Gasteiger partial charge in [-0.25, -0.2) is 4.79 Å². The zero-order chi connectivity index (χ0) is 19.9. The van der Waals surface area contributed by atoms with Gasteiger partial charge in [0.1, 0.15) is 0 Å². The summed E-state index contributed by atoms with van der Waals surface area (Å²) in [5.41, 5.74) is 2.33. The highest BCUT2D eigenvalue weighted by Gasteiger charge is 2.22. The standard InChI is InChI=1S/C21H20N2O5/c1-3-26-19-12-15(11-17-14(2)23-28-21(17)25)9-10-18(19)27-13-20(24)22-16-7-5-4-6-8-16/h4-12H,3,13H2,1-2H3,(H,22,24)/b17-11+. The minimum absolute atomic E-state index is 0.159. The van der Waals surface area contributed by atoms with Gasteiger partial charge in [-0.05, 0) is 49.8 Å². The van der Waals surface area contributed by atoms with Crippen LogP contribution < -0.4 is 14.8 Å². The molecule has 0 fully saturated rings. The Morgan fingerprint density at radius 3 is 2.61 bits per heavy atom. The molecule has 2 aromatic rings. The molecule has 7 nitrogen and oxygen atoms in total. The zero-order valence-corrected chi connectivity index (χ0v) is 15.6. The molecule has 3 rings (SSSR count). The van der Waals surface area contributed by atoms with Gasteiger partial charge in [-0.1, -0.05) is 29.4 Å². The smallest absolute Gasteiger partial charge is 0.367 e. The van der Waals surface area contributed by atoms with E-state index in [-0.39, 0.29) is 12.5 Å². The summed E-state index contributed by atoms with van der Waals surface area (Å²) in [5, 5.41) is 6.41. The molecule has 0 spiro atoms. The second-order valence-corrected chi connectivity index (χ2v) is 5.96. The summed E-state index contributed by atoms with van der Waals surface area (Å²) >= 11 is 0. The van der Waals surface area contributed by atoms with Crippen molar-refractivity contribution in [1.82, 2.24) is 0 Å². The van der Waals surface area contributed by atoms with Crippen molar-refractivity contribution in [3.8, 4) is 11.5 Å². The minimum atomic E-state index is -0.492. The number of benzene rings is 2. The lowest BCUT2D eigenvalue weighted by atomic mass is 10.1. The third-order valence-electron chi connectivity index (χ3n) is 3.87. The molecule has 0 saturated carbocycles. The summed E-state index contributed by atoms with van der Waals surface area (Å²) in [6, 6.07) is 14.3. The van der Waals surface area contributed by atoms with Gasteiger partial charge in [0.15, 0.2) is 18.1 Å². The number of para-hydroxylation sites is 1. The Hall–Kier alpha value is -3.61. The maximum absolute atomic E-state index is 12.1. The molecule has 0 bridgehead atoms. The van der Waals surface area contributed by atoms with E-state index in [0.717, 1.165) is 5.56 Å². The van der Waals surface area contributed by atoms with Crippen LogP contribution in [-0.2, 0) is 14.4 Å². The number of rotatable bonds is 7. The van der Waals surface area contributed by atoms with E-state index < -0.39 is 5.97 Å². The maximum atomic E-state index is 12.1. The van der Waals surface area contributed by atoms with E-state index >= 15 is 0 Å². The van der Waals surface area contributed by atoms with Crippen molar-refractivity contribution in [2.75, 3.05) is 18.5 Å². The highest BCUT2D eigenvalue weighted by atomic mass is 16.7. The van der Waals surface area contributed by atoms with E-state index in [1.807, 2.05) is 25.1 Å². The first-order chi connectivity index (χ1) is 13.6. The van der Waals surface area contributed by atoms with Crippen molar-refractivity contribution in [2.45, 2.75) is 13.8 Å². The number of nitrogens with zero attached hydrogens (tertiary/aromatic N) is 1. The molecule has 2 aromatic carbocycles. The number of hydrogen-bond acceptors (Lipinski definition) is 6. The SMILES string of the molecule is CCOc1cc(/C=C2/C(=O)ON=C2C)ccc1OCC(=O)Nc1ccccc1. The third-order valence-corrected chi connectivity index (χ3v) is 3.87. The number of carbonyl (C=O) groups is 2. The number of oxime groups is 1. The van der Waals surface area contributed by atoms with E-state index in [0.29, 0.717) is 35.1 Å². The van der Waals surface area contributed by atoms with Crippen LogP contribution >= 0.6 is 0 Å². The molecule has 0 unspecified atom stereocenters. The average Bonchev–Trinajstić information content (AvgIpc) is 3.00. The molecule has 0 aliphatic carbocycles. The summed E-state index contributed by atoms with van der Waals surface area (Å²) in [5.74, 6) is 0.144. The second kappa shape index (κ2) is 8.85. The summed E-state index contributed by atoms with van der Waals surface area (Å²) in [4.78, 5) is 28.4. The third kappa shape index (κ3) is 4.76. The highest BCUT2D eigenvalue weighted by Crippen LogP contribution is 2.30. The van der Waals surface area contributed by atoms with Gasteiger partial charge in [0, 0.05) is 5.69 Å². The topological polar surface area (TPSA) is 86.2 Å². The molecule has 0 aromatic heterocycles. The molecule has 1 aliphatic heterocycles. The fourth-order valence-electron chi connectivity index (χ4n) is 2.55. The predicted octanol–water partition coefficient (Wildman–Crippen LogP) is 3.42. The van der Waals surface area contributed by atoms with Crippen molar-refractivity contribution in [2.24, 2.45) is 5.16 Å². The molecule has 1 aliphatic rings. The Morgan fingerprint density at radius 2 is 1.93 bits per heavy atom. The lowest BCUT2D eigenvalue weighted by Gasteiger charge is -2.13. The molecule has 0 atom stereocenters. The van der Waals surface area contributed by atoms with Crippen LogP contribution in [0.25, 0.3) is 6.08 Å². The normalized spacial score (nSPS) is 14.4. The first kappa shape index (κ1) is 19.2. The number of amides is 1. The average molecular weight is 380 g/mol. The molecule has 1 heterocycles. The molecule has 7 heteroatoms. The van der Waals surface area contributed by atoms with Crippen molar-refractivity contribution in [3.05, 3.63) is 59.7 Å². The molecule has 28 heavy (non-hydrogen) atoms. The number of nitrogens with one attached hydrogen (secondary N) is 1. The molecule has 0 radical (unpaired) electrons. The zero-order valence-electron chi connectivity index (χ0n) is 15.6. The number of anilines is 1. The van der Waals surface area contributed by atoms with Crippen LogP contribution in [0.15, 0.2) is 59.3 Å². The van der Waals surface area contributed by atoms with E-state index in [9.17, 15) is 9.59 Å². The molecule has 1 amide bonds. The van der Waals surface area contributed by atoms with E-state index in [2.05, 4.69) is 15.3 Å². The highest BCUT2D eigenvalue weighted by molar-refractivity contribution is 6.24. The fourth-order valence-corrected chi connectivity index (χ4v) is 2.55. The van der Waals surface area contributed by atoms with Gasteiger partial charge in [0.25, 0.3) is 5.91 Å². The summed E-state index contributed by atoms with van der Waals surface area (Å²) in [6.07, 6.45) is 1.67. The van der Waals surface area contributed by atoms with E-state index in [4.69, 9.17) is 9.47 Å². The van der Waals surface area contributed by atoms with Gasteiger partial charge in [0.2, 0.25) is 0 Å². The molecular formula is C21H20N2O5. The minimum Gasteiger partial charge on any atom is -0.490 e. The second-order valence-electron chi connectivity index (χ2n) is 5.96. The van der Waals surface area contributed by atoms with Crippen molar-refractivity contribution in [1.29, 1.82) is 0 Å². The van der Waals surface area contributed by atoms with Crippen LogP contribution in [0, 0.1) is 0 Å². The largest absolute Gasteiger partial charge is 0.490 e. The van der Waals surface area contributed by atoms with Crippen LogP contribution in [-0.4, -0.2) is 30.8 Å². The van der Waals surface area contributed by atoms with Crippen molar-refractivity contribution in [3.63, 3.8) is 0 Å². The molecular weight excluding hydrogens is 360 g/mol. The molecule has 144 valence electrons. The Labute approximate surface area is 162 Å². The summed E-state index contributed by atoms with van der Waals surface area (Å²) < 4.78 is 11.2. The molecule has 0 saturated heterocycles. The number of hydrogen-bond donors (Lipinski definition) is 1. The van der Waals surface area contributed by atoms with Crippen LogP contribution in [0.4, 0.5) is 5.69 Å². The van der Waals surface area contributed by atoms with Gasteiger partial charge in [-0.3, -0.25) is 4.79 Å². The quantitative estimate of drug-likeness (QED) is 0.588. The summed E-state index contributed by atoms with van der Waals surface area (Å²) in [6.45, 7) is 3.81. The fraction of sp³-hybridized carbons (Fsp3) is 0.190. The number of ether oxygens (including phenoxy) is 2. The first-order valence-electron chi connectivity index (χ1n) is 8.79. The molecule has 1 N–H and O–H groups in total. The van der Waals surface area contributed by atoms with Gasteiger partial charge in [-0.2, -0.15) is 0 Å². The van der Waals surface area contributed by atoms with Crippen LogP contribution in [0.3, 0.4) is 0 Å². The number of carbonyl (C=O) groups excluding carboxylic acids is 2. The van der Waals surface area contributed by atoms with Gasteiger partial charge in [-0.15, -0.1) is 0 Å². The van der Waals surface area contributed by atoms with E-state index in [1.54, 1.807) is 43.3 Å². The Kier molecular flexibility index (Phi) is 6.06. The van der Waals surface area contributed by atoms with Gasteiger partial charge in [0.05, 0.1) is 17.9 Å². The lowest BCUT2D eigenvalue weighted by Crippen LogP contribution is -2.20. The van der Waals surface area contributed by atoms with Crippen LogP contribution in [0.2, 0.25) is 0 Å². The monoisotopic (exact) mass is 380 g/mol. The Bertz CT molecular complexity index is 935. The maximum Gasteiger partial charge on any atom is 0.367 e. The summed E-state index contributed by atoms with van der Waals surface area (Å²) in [7, 11) is 0. The van der Waals surface area contributed by atoms with E-state index in [1.165, 1.54) is 0 Å². The van der Waals surface area contributed by atoms with Crippen molar-refractivity contribution < 1.29 is 23.9 Å². The van der Waals surface area contributed by atoms with Crippen molar-refractivity contribution >= 4 is 29.4 Å². The van der Waals surface area contributed by atoms with Gasteiger partial charge < -0.3 is 19.6 Å². The first-order valence-corrected chi connectivity index (χ1v) is 8.79. The lowest BCUT2D eigenvalue weighted by molar-refractivity contribution is -0.136. The van der Waals surface area contributed by atoms with Crippen LogP contribution in [0.1, 0.15) is 19.4 Å². The predicted molar refractivity (Wildman–Crippen MR) is 105 cm³/mol. The Morgan fingerprint density at radius 1 is 1.14 bits per heavy atom. The van der Waals surface area contributed by atoms with Gasteiger partial charge >= 0.3 is 5.97 Å².